The van der Waals surface area contributed by atoms with E-state index in [4.69, 9.17) is 32.7 Å². The van der Waals surface area contributed by atoms with Crippen LogP contribution in [-0.2, 0) is 26.2 Å². The van der Waals surface area contributed by atoms with Crippen molar-refractivity contribution >= 4 is 50.7 Å². The standard InChI is InChI=1S/C29H37Cl2N3O6S/c1-20(29(36)32-21-8-4-3-5-9-21)33(19-23-24(30)10-6-11-25(23)31)28(35)12-7-15-34(41(2,37)38)22-13-14-26-27(18-22)40-17-16-39-26/h6,10-11,13-14,18,20-21H,3-5,7-9,12,15-17,19H2,1-2H3,(H,32,36)/t20-/m1/s1. The summed E-state index contributed by atoms with van der Waals surface area (Å²) in [5.41, 5.74) is 0.972. The van der Waals surface area contributed by atoms with Crippen LogP contribution in [0.5, 0.6) is 11.5 Å². The molecule has 9 nitrogen and oxygen atoms in total. The Morgan fingerprint density at radius 2 is 1.68 bits per heavy atom. The summed E-state index contributed by atoms with van der Waals surface area (Å²) < 4.78 is 37.8. The predicted octanol–water partition coefficient (Wildman–Crippen LogP) is 5.18. The Hall–Kier alpha value is -2.69. The van der Waals surface area contributed by atoms with Gasteiger partial charge in [0.15, 0.2) is 11.5 Å². The van der Waals surface area contributed by atoms with Gasteiger partial charge in [-0.05, 0) is 50.5 Å². The minimum absolute atomic E-state index is 0.0136. The maximum Gasteiger partial charge on any atom is 0.242 e. The number of nitrogens with one attached hydrogen (secondary N) is 1. The molecule has 0 aromatic heterocycles. The summed E-state index contributed by atoms with van der Waals surface area (Å²) in [5.74, 6) is 0.488. The first kappa shape index (κ1) is 31.3. The first-order chi connectivity index (χ1) is 19.5. The van der Waals surface area contributed by atoms with E-state index in [0.29, 0.717) is 46.0 Å². The van der Waals surface area contributed by atoms with Gasteiger partial charge in [-0.2, -0.15) is 0 Å². The number of halogens is 2. The Bertz CT molecular complexity index is 1330. The predicted molar refractivity (Wildman–Crippen MR) is 160 cm³/mol. The molecule has 1 fully saturated rings. The molecule has 1 aliphatic heterocycles. The first-order valence-corrected chi connectivity index (χ1v) is 16.5. The molecule has 4 rings (SSSR count). The molecule has 0 unspecified atom stereocenters. The van der Waals surface area contributed by atoms with Gasteiger partial charge in [0.2, 0.25) is 21.8 Å². The number of sulfonamides is 1. The Kier molecular flexibility index (Phi) is 10.7. The van der Waals surface area contributed by atoms with E-state index in [-0.39, 0.29) is 43.8 Å². The lowest BCUT2D eigenvalue weighted by molar-refractivity contribution is -0.141. The molecule has 2 amide bonds. The molecule has 1 N–H and O–H groups in total. The zero-order valence-corrected chi connectivity index (χ0v) is 25.7. The number of ether oxygens (including phenoxy) is 2. The highest BCUT2D eigenvalue weighted by Gasteiger charge is 2.29. The minimum atomic E-state index is -3.66. The maximum absolute atomic E-state index is 13.6. The van der Waals surface area contributed by atoms with Crippen LogP contribution in [0, 0.1) is 0 Å². The zero-order chi connectivity index (χ0) is 29.6. The molecule has 1 atom stereocenters. The SMILES string of the molecule is C[C@H](C(=O)NC1CCCCC1)N(Cc1c(Cl)cccc1Cl)C(=O)CCCN(c1ccc2c(c1)OCCO2)S(C)(=O)=O. The fourth-order valence-electron chi connectivity index (χ4n) is 5.20. The quantitative estimate of drug-likeness (QED) is 0.369. The number of anilines is 1. The van der Waals surface area contributed by atoms with Crippen LogP contribution >= 0.6 is 23.2 Å². The number of carbonyl (C=O) groups excluding carboxylic acids is 2. The summed E-state index contributed by atoms with van der Waals surface area (Å²) in [7, 11) is -3.66. The molecule has 224 valence electrons. The third-order valence-corrected chi connectivity index (χ3v) is 9.38. The number of amides is 2. The lowest BCUT2D eigenvalue weighted by Crippen LogP contribution is -2.50. The van der Waals surface area contributed by atoms with Crippen molar-refractivity contribution in [3.8, 4) is 11.5 Å². The molecule has 1 heterocycles. The van der Waals surface area contributed by atoms with Crippen molar-refractivity contribution in [1.82, 2.24) is 10.2 Å². The van der Waals surface area contributed by atoms with Crippen molar-refractivity contribution in [1.29, 1.82) is 0 Å². The van der Waals surface area contributed by atoms with Gasteiger partial charge in [0.1, 0.15) is 19.3 Å². The fourth-order valence-corrected chi connectivity index (χ4v) is 6.67. The highest BCUT2D eigenvalue weighted by atomic mass is 35.5. The summed E-state index contributed by atoms with van der Waals surface area (Å²) in [6.07, 6.45) is 6.50. The monoisotopic (exact) mass is 625 g/mol. The van der Waals surface area contributed by atoms with Crippen LogP contribution in [0.2, 0.25) is 10.0 Å². The molecule has 1 aliphatic carbocycles. The van der Waals surface area contributed by atoms with Gasteiger partial charge in [-0.1, -0.05) is 48.5 Å². The molecule has 2 aliphatic rings. The molecule has 1 saturated carbocycles. The number of hydrogen-bond donors (Lipinski definition) is 1. The summed E-state index contributed by atoms with van der Waals surface area (Å²) in [6.45, 7) is 2.61. The van der Waals surface area contributed by atoms with Crippen molar-refractivity contribution < 1.29 is 27.5 Å². The van der Waals surface area contributed by atoms with Crippen molar-refractivity contribution in [2.24, 2.45) is 0 Å². The van der Waals surface area contributed by atoms with Crippen LogP contribution in [0.15, 0.2) is 36.4 Å². The number of carbonyl (C=O) groups is 2. The molecular weight excluding hydrogens is 589 g/mol. The van der Waals surface area contributed by atoms with E-state index < -0.39 is 16.1 Å². The highest BCUT2D eigenvalue weighted by Crippen LogP contribution is 2.35. The fraction of sp³-hybridized carbons (Fsp3) is 0.517. The van der Waals surface area contributed by atoms with E-state index in [1.165, 1.54) is 9.21 Å². The topological polar surface area (TPSA) is 105 Å². The molecule has 0 spiro atoms. The van der Waals surface area contributed by atoms with Crippen molar-refractivity contribution in [2.45, 2.75) is 70.5 Å². The average molecular weight is 627 g/mol. The molecule has 2 aromatic rings. The van der Waals surface area contributed by atoms with Gasteiger partial charge >= 0.3 is 0 Å². The van der Waals surface area contributed by atoms with E-state index in [0.717, 1.165) is 38.4 Å². The lowest BCUT2D eigenvalue weighted by atomic mass is 9.95. The van der Waals surface area contributed by atoms with Crippen LogP contribution < -0.4 is 19.1 Å². The molecule has 12 heteroatoms. The van der Waals surface area contributed by atoms with Gasteiger partial charge in [0.05, 0.1) is 11.9 Å². The number of nitrogens with zero attached hydrogens (tertiary/aromatic N) is 2. The second-order valence-electron chi connectivity index (χ2n) is 10.5. The van der Waals surface area contributed by atoms with Crippen LogP contribution in [0.25, 0.3) is 0 Å². The molecule has 0 bridgehead atoms. The van der Waals surface area contributed by atoms with Gasteiger partial charge in [0.25, 0.3) is 0 Å². The summed E-state index contributed by atoms with van der Waals surface area (Å²) in [4.78, 5) is 28.3. The summed E-state index contributed by atoms with van der Waals surface area (Å²) in [5, 5.41) is 3.90. The van der Waals surface area contributed by atoms with E-state index in [1.807, 2.05) is 0 Å². The molecule has 41 heavy (non-hydrogen) atoms. The minimum Gasteiger partial charge on any atom is -0.486 e. The van der Waals surface area contributed by atoms with E-state index >= 15 is 0 Å². The molecular formula is C29H37Cl2N3O6S. The molecule has 2 aromatic carbocycles. The number of benzene rings is 2. The second kappa shape index (κ2) is 14.0. The summed E-state index contributed by atoms with van der Waals surface area (Å²) in [6, 6.07) is 9.37. The third kappa shape index (κ3) is 8.20. The van der Waals surface area contributed by atoms with Crippen LogP contribution in [0.1, 0.15) is 57.4 Å². The largest absolute Gasteiger partial charge is 0.486 e. The van der Waals surface area contributed by atoms with E-state index in [1.54, 1.807) is 43.3 Å². The Morgan fingerprint density at radius 3 is 2.34 bits per heavy atom. The number of rotatable bonds is 11. The average Bonchev–Trinajstić information content (AvgIpc) is 2.94. The number of hydrogen-bond acceptors (Lipinski definition) is 6. The summed E-state index contributed by atoms with van der Waals surface area (Å²) >= 11 is 12.8. The first-order valence-electron chi connectivity index (χ1n) is 13.9. The van der Waals surface area contributed by atoms with Crippen LogP contribution in [0.4, 0.5) is 5.69 Å². The van der Waals surface area contributed by atoms with Crippen molar-refractivity contribution in [2.75, 3.05) is 30.3 Å². The third-order valence-electron chi connectivity index (χ3n) is 7.47. The lowest BCUT2D eigenvalue weighted by Gasteiger charge is -2.32. The Balaban J connectivity index is 1.48. The maximum atomic E-state index is 13.6. The molecule has 0 saturated heterocycles. The van der Waals surface area contributed by atoms with E-state index in [2.05, 4.69) is 5.32 Å². The Labute approximate surface area is 252 Å². The Morgan fingerprint density at radius 1 is 1.02 bits per heavy atom. The van der Waals surface area contributed by atoms with E-state index in [9.17, 15) is 18.0 Å². The van der Waals surface area contributed by atoms with Crippen LogP contribution in [0.3, 0.4) is 0 Å². The van der Waals surface area contributed by atoms with Gasteiger partial charge in [-0.15, -0.1) is 0 Å². The second-order valence-corrected chi connectivity index (χ2v) is 13.2. The van der Waals surface area contributed by atoms with Crippen LogP contribution in [-0.4, -0.2) is 63.2 Å². The normalized spacial score (nSPS) is 16.1. The highest BCUT2D eigenvalue weighted by molar-refractivity contribution is 7.92. The van der Waals surface area contributed by atoms with Gasteiger partial charge in [-0.3, -0.25) is 13.9 Å². The molecule has 0 radical (unpaired) electrons. The van der Waals surface area contributed by atoms with Gasteiger partial charge in [-0.25, -0.2) is 8.42 Å². The zero-order valence-electron chi connectivity index (χ0n) is 23.4. The van der Waals surface area contributed by atoms with Gasteiger partial charge in [0, 0.05) is 47.2 Å². The van der Waals surface area contributed by atoms with Crippen molar-refractivity contribution in [3.63, 3.8) is 0 Å². The number of fused-ring (bicyclic) bond motifs is 1. The van der Waals surface area contributed by atoms with Gasteiger partial charge < -0.3 is 19.7 Å². The smallest absolute Gasteiger partial charge is 0.242 e. The van der Waals surface area contributed by atoms with Crippen molar-refractivity contribution in [3.05, 3.63) is 52.0 Å².